The predicted octanol–water partition coefficient (Wildman–Crippen LogP) is 1.83. The molecule has 0 fully saturated rings. The van der Waals surface area contributed by atoms with Gasteiger partial charge < -0.3 is 16.8 Å². The lowest BCUT2D eigenvalue weighted by Crippen LogP contribution is -2.12. The second-order valence-electron chi connectivity index (χ2n) is 4.28. The van der Waals surface area contributed by atoms with E-state index in [1.165, 1.54) is 0 Å². The van der Waals surface area contributed by atoms with Crippen LogP contribution in [0.1, 0.15) is 30.6 Å². The molecule has 1 aromatic carbocycles. The van der Waals surface area contributed by atoms with Gasteiger partial charge in [0, 0.05) is 12.1 Å². The second-order valence-corrected chi connectivity index (χ2v) is 4.28. The van der Waals surface area contributed by atoms with Crippen molar-refractivity contribution in [2.75, 3.05) is 17.6 Å². The summed E-state index contributed by atoms with van der Waals surface area (Å²) in [6, 6.07) is 5.06. The first-order chi connectivity index (χ1) is 7.50. The third kappa shape index (κ3) is 3.46. The van der Waals surface area contributed by atoms with Gasteiger partial charge in [-0.05, 0) is 30.5 Å². The molecule has 0 spiro atoms. The lowest BCUT2D eigenvalue weighted by atomic mass is 10.1. The van der Waals surface area contributed by atoms with E-state index >= 15 is 0 Å². The van der Waals surface area contributed by atoms with Crippen LogP contribution in [0.25, 0.3) is 0 Å². The molecule has 0 bridgehead atoms. The van der Waals surface area contributed by atoms with Gasteiger partial charge in [-0.25, -0.2) is 0 Å². The van der Waals surface area contributed by atoms with Gasteiger partial charge in [-0.3, -0.25) is 4.79 Å². The number of hydrogen-bond acceptors (Lipinski definition) is 3. The Hall–Kier alpha value is -1.71. The molecule has 88 valence electrons. The molecule has 0 aliphatic carbocycles. The Kier molecular flexibility index (Phi) is 4.17. The van der Waals surface area contributed by atoms with Crippen molar-refractivity contribution in [1.29, 1.82) is 0 Å². The van der Waals surface area contributed by atoms with Gasteiger partial charge in [0.15, 0.2) is 0 Å². The zero-order valence-corrected chi connectivity index (χ0v) is 9.79. The summed E-state index contributed by atoms with van der Waals surface area (Å²) in [5.41, 5.74) is 12.8. The van der Waals surface area contributed by atoms with Crippen molar-refractivity contribution in [2.45, 2.75) is 20.3 Å². The molecule has 1 aromatic rings. The highest BCUT2D eigenvalue weighted by molar-refractivity contribution is 5.94. The predicted molar refractivity (Wildman–Crippen MR) is 67.3 cm³/mol. The highest BCUT2D eigenvalue weighted by Crippen LogP contribution is 2.19. The molecule has 0 aliphatic rings. The quantitative estimate of drug-likeness (QED) is 0.663. The van der Waals surface area contributed by atoms with Gasteiger partial charge in [0.25, 0.3) is 0 Å². The summed E-state index contributed by atoms with van der Waals surface area (Å²) in [6.07, 6.45) is 1.08. The molecule has 1 amide bonds. The van der Waals surface area contributed by atoms with E-state index in [4.69, 9.17) is 11.5 Å². The first-order valence-electron chi connectivity index (χ1n) is 5.44. The van der Waals surface area contributed by atoms with E-state index in [-0.39, 0.29) is 0 Å². The molecule has 4 nitrogen and oxygen atoms in total. The summed E-state index contributed by atoms with van der Waals surface area (Å²) in [6.45, 7) is 5.21. The van der Waals surface area contributed by atoms with E-state index in [1.54, 1.807) is 18.2 Å². The first kappa shape index (κ1) is 12.4. The molecule has 16 heavy (non-hydrogen) atoms. The van der Waals surface area contributed by atoms with Crippen LogP contribution in [0.2, 0.25) is 0 Å². The summed E-state index contributed by atoms with van der Waals surface area (Å²) in [5, 5.41) is 3.23. The maximum atomic E-state index is 10.9. The summed E-state index contributed by atoms with van der Waals surface area (Å²) in [5.74, 6) is 0.194. The third-order valence-electron chi connectivity index (χ3n) is 2.37. The van der Waals surface area contributed by atoms with Gasteiger partial charge in [0.1, 0.15) is 0 Å². The first-order valence-corrected chi connectivity index (χ1v) is 5.44. The average molecular weight is 221 g/mol. The second kappa shape index (κ2) is 5.39. The van der Waals surface area contributed by atoms with Crippen LogP contribution in [0.5, 0.6) is 0 Å². The Morgan fingerprint density at radius 1 is 1.44 bits per heavy atom. The van der Waals surface area contributed by atoms with E-state index < -0.39 is 5.91 Å². The van der Waals surface area contributed by atoms with E-state index in [0.717, 1.165) is 18.7 Å². The van der Waals surface area contributed by atoms with Crippen molar-refractivity contribution in [2.24, 2.45) is 11.7 Å². The van der Waals surface area contributed by atoms with Crippen molar-refractivity contribution in [1.82, 2.24) is 0 Å². The minimum atomic E-state index is -0.458. The van der Waals surface area contributed by atoms with E-state index in [1.807, 2.05) is 0 Å². The molecule has 0 unspecified atom stereocenters. The number of nitrogen functional groups attached to an aromatic ring is 1. The molecule has 0 atom stereocenters. The van der Waals surface area contributed by atoms with Crippen molar-refractivity contribution in [3.8, 4) is 0 Å². The zero-order chi connectivity index (χ0) is 12.1. The van der Waals surface area contributed by atoms with Crippen molar-refractivity contribution in [3.63, 3.8) is 0 Å². The van der Waals surface area contributed by atoms with Gasteiger partial charge >= 0.3 is 0 Å². The molecule has 5 N–H and O–H groups in total. The number of carbonyl (C=O) groups is 1. The number of hydrogen-bond donors (Lipinski definition) is 3. The van der Waals surface area contributed by atoms with Crippen LogP contribution in [-0.4, -0.2) is 12.5 Å². The minimum Gasteiger partial charge on any atom is -0.397 e. The Bertz CT molecular complexity index is 375. The van der Waals surface area contributed by atoms with Gasteiger partial charge in [-0.1, -0.05) is 13.8 Å². The summed E-state index contributed by atoms with van der Waals surface area (Å²) in [4.78, 5) is 10.9. The Balaban J connectivity index is 2.64. The maximum absolute atomic E-state index is 10.9. The molecule has 4 heteroatoms. The zero-order valence-electron chi connectivity index (χ0n) is 9.79. The molecular formula is C12H19N3O. The Labute approximate surface area is 96.0 Å². The fourth-order valence-corrected chi connectivity index (χ4v) is 1.37. The number of amides is 1. The van der Waals surface area contributed by atoms with Gasteiger partial charge in [-0.15, -0.1) is 0 Å². The molecular weight excluding hydrogens is 202 g/mol. The SMILES string of the molecule is CC(C)CCNc1ccc(C(N)=O)cc1N. The van der Waals surface area contributed by atoms with Crippen molar-refractivity contribution < 1.29 is 4.79 Å². The molecule has 0 aromatic heterocycles. The average Bonchev–Trinajstić information content (AvgIpc) is 2.19. The fraction of sp³-hybridized carbons (Fsp3) is 0.417. The molecule has 0 saturated carbocycles. The fourth-order valence-electron chi connectivity index (χ4n) is 1.37. The number of primary amides is 1. The summed E-state index contributed by atoms with van der Waals surface area (Å²) < 4.78 is 0. The van der Waals surface area contributed by atoms with Gasteiger partial charge in [-0.2, -0.15) is 0 Å². The van der Waals surface area contributed by atoms with Crippen molar-refractivity contribution in [3.05, 3.63) is 23.8 Å². The highest BCUT2D eigenvalue weighted by atomic mass is 16.1. The molecule has 0 heterocycles. The number of nitrogens with one attached hydrogen (secondary N) is 1. The van der Waals surface area contributed by atoms with Crippen LogP contribution < -0.4 is 16.8 Å². The number of rotatable bonds is 5. The van der Waals surface area contributed by atoms with Crippen LogP contribution >= 0.6 is 0 Å². The number of benzene rings is 1. The number of nitrogens with two attached hydrogens (primary N) is 2. The van der Waals surface area contributed by atoms with E-state index in [0.29, 0.717) is 17.2 Å². The highest BCUT2D eigenvalue weighted by Gasteiger charge is 2.04. The Morgan fingerprint density at radius 3 is 2.62 bits per heavy atom. The minimum absolute atomic E-state index is 0.437. The standard InChI is InChI=1S/C12H19N3O/c1-8(2)5-6-15-11-4-3-9(12(14)16)7-10(11)13/h3-4,7-8,15H,5-6,13H2,1-2H3,(H2,14,16). The topological polar surface area (TPSA) is 81.1 Å². The Morgan fingerprint density at radius 2 is 2.12 bits per heavy atom. The molecule has 0 radical (unpaired) electrons. The maximum Gasteiger partial charge on any atom is 0.248 e. The normalized spacial score (nSPS) is 10.4. The van der Waals surface area contributed by atoms with Crippen LogP contribution in [0.3, 0.4) is 0 Å². The summed E-state index contributed by atoms with van der Waals surface area (Å²) in [7, 11) is 0. The number of anilines is 2. The lowest BCUT2D eigenvalue weighted by molar-refractivity contribution is 0.100. The van der Waals surface area contributed by atoms with Gasteiger partial charge in [0.2, 0.25) is 5.91 Å². The monoisotopic (exact) mass is 221 g/mol. The van der Waals surface area contributed by atoms with Crippen LogP contribution in [0.4, 0.5) is 11.4 Å². The van der Waals surface area contributed by atoms with Crippen LogP contribution in [0.15, 0.2) is 18.2 Å². The number of carbonyl (C=O) groups excluding carboxylic acids is 1. The van der Waals surface area contributed by atoms with E-state index in [9.17, 15) is 4.79 Å². The molecule has 0 saturated heterocycles. The lowest BCUT2D eigenvalue weighted by Gasteiger charge is -2.11. The molecule has 0 aliphatic heterocycles. The van der Waals surface area contributed by atoms with Gasteiger partial charge in [0.05, 0.1) is 11.4 Å². The largest absolute Gasteiger partial charge is 0.397 e. The van der Waals surface area contributed by atoms with Crippen molar-refractivity contribution >= 4 is 17.3 Å². The summed E-state index contributed by atoms with van der Waals surface area (Å²) >= 11 is 0. The molecule has 1 rings (SSSR count). The smallest absolute Gasteiger partial charge is 0.248 e. The van der Waals surface area contributed by atoms with E-state index in [2.05, 4.69) is 19.2 Å². The van der Waals surface area contributed by atoms with Crippen LogP contribution in [-0.2, 0) is 0 Å². The third-order valence-corrected chi connectivity index (χ3v) is 2.37. The van der Waals surface area contributed by atoms with Crippen LogP contribution in [0, 0.1) is 5.92 Å².